The molecule has 0 amide bonds. The quantitative estimate of drug-likeness (QED) is 0.688. The highest BCUT2D eigenvalue weighted by Gasteiger charge is 2.27. The fourth-order valence-corrected chi connectivity index (χ4v) is 2.91. The summed E-state index contributed by atoms with van der Waals surface area (Å²) < 4.78 is 12.9. The maximum atomic E-state index is 12.3. The normalized spacial score (nSPS) is 15.9. The zero-order valence-electron chi connectivity index (χ0n) is 13.7. The zero-order valence-corrected chi connectivity index (χ0v) is 13.7. The highest BCUT2D eigenvalue weighted by atomic mass is 16.5. The van der Waals surface area contributed by atoms with Crippen molar-refractivity contribution in [2.75, 3.05) is 6.61 Å². The van der Waals surface area contributed by atoms with Crippen molar-refractivity contribution in [1.82, 2.24) is 9.78 Å². The van der Waals surface area contributed by atoms with Crippen molar-refractivity contribution in [1.29, 1.82) is 0 Å². The van der Waals surface area contributed by atoms with Gasteiger partial charge in [0.05, 0.1) is 11.6 Å². The van der Waals surface area contributed by atoms with E-state index < -0.39 is 0 Å². The molecular weight excluding hydrogens is 316 g/mol. The van der Waals surface area contributed by atoms with Crippen LogP contribution in [0.4, 0.5) is 0 Å². The molecule has 1 unspecified atom stereocenters. The largest absolute Gasteiger partial charge is 0.492 e. The van der Waals surface area contributed by atoms with Gasteiger partial charge in [0.15, 0.2) is 0 Å². The second-order valence-electron chi connectivity index (χ2n) is 6.01. The number of para-hydroxylation sites is 2. The molecule has 1 aliphatic rings. The Bertz CT molecular complexity index is 873. The first-order valence-corrected chi connectivity index (χ1v) is 8.27. The van der Waals surface area contributed by atoms with Crippen LogP contribution in [0.2, 0.25) is 0 Å². The van der Waals surface area contributed by atoms with Gasteiger partial charge in [0.25, 0.3) is 0 Å². The summed E-state index contributed by atoms with van der Waals surface area (Å²) in [5.41, 5.74) is 2.73. The monoisotopic (exact) mass is 334 g/mol. The number of aromatic nitrogens is 2. The van der Waals surface area contributed by atoms with Crippen LogP contribution in [0.15, 0.2) is 66.9 Å². The Morgan fingerprint density at radius 3 is 2.80 bits per heavy atom. The Balaban J connectivity index is 1.36. The lowest BCUT2D eigenvalue weighted by Crippen LogP contribution is -2.29. The molecule has 3 aromatic rings. The van der Waals surface area contributed by atoms with Gasteiger partial charge in [-0.05, 0) is 36.2 Å². The Labute approximate surface area is 145 Å². The molecule has 5 nitrogen and oxygen atoms in total. The fraction of sp³-hybridized carbons (Fsp3) is 0.200. The molecule has 0 saturated carbocycles. The van der Waals surface area contributed by atoms with Crippen LogP contribution in [-0.4, -0.2) is 22.4 Å². The van der Waals surface area contributed by atoms with Gasteiger partial charge in [0, 0.05) is 6.20 Å². The van der Waals surface area contributed by atoms with Crippen LogP contribution in [-0.2, 0) is 22.6 Å². The summed E-state index contributed by atoms with van der Waals surface area (Å²) in [6, 6.07) is 19.5. The van der Waals surface area contributed by atoms with E-state index in [1.165, 1.54) is 0 Å². The Kier molecular flexibility index (Phi) is 4.21. The first-order chi connectivity index (χ1) is 12.3. The van der Waals surface area contributed by atoms with E-state index in [9.17, 15) is 4.79 Å². The fourth-order valence-electron chi connectivity index (χ4n) is 2.91. The number of benzene rings is 2. The van der Waals surface area contributed by atoms with E-state index in [2.05, 4.69) is 5.10 Å². The van der Waals surface area contributed by atoms with Gasteiger partial charge in [0.1, 0.15) is 24.7 Å². The van der Waals surface area contributed by atoms with E-state index in [-0.39, 0.29) is 18.5 Å². The molecule has 4 rings (SSSR count). The topological polar surface area (TPSA) is 53.4 Å². The van der Waals surface area contributed by atoms with Crippen LogP contribution in [0.25, 0.3) is 5.69 Å². The van der Waals surface area contributed by atoms with Gasteiger partial charge in [-0.2, -0.15) is 5.10 Å². The van der Waals surface area contributed by atoms with Gasteiger partial charge in [-0.25, -0.2) is 4.68 Å². The van der Waals surface area contributed by atoms with Crippen LogP contribution in [0.3, 0.4) is 0 Å². The molecule has 1 aromatic heterocycles. The first-order valence-electron chi connectivity index (χ1n) is 8.27. The summed E-state index contributed by atoms with van der Waals surface area (Å²) in [7, 11) is 0. The number of ether oxygens (including phenoxy) is 2. The van der Waals surface area contributed by atoms with Gasteiger partial charge in [-0.3, -0.25) is 4.79 Å². The third-order valence-corrected chi connectivity index (χ3v) is 4.24. The van der Waals surface area contributed by atoms with Crippen LogP contribution in [0, 0.1) is 5.92 Å². The van der Waals surface area contributed by atoms with E-state index >= 15 is 0 Å². The summed E-state index contributed by atoms with van der Waals surface area (Å²) in [6.07, 6.45) is 2.51. The maximum absolute atomic E-state index is 12.3. The molecule has 0 saturated heterocycles. The minimum Gasteiger partial charge on any atom is -0.492 e. The van der Waals surface area contributed by atoms with Gasteiger partial charge in [-0.1, -0.05) is 36.4 Å². The molecule has 2 aromatic carbocycles. The molecule has 1 aliphatic heterocycles. The molecule has 2 heterocycles. The summed E-state index contributed by atoms with van der Waals surface area (Å²) in [4.78, 5) is 12.3. The number of fused-ring (bicyclic) bond motifs is 1. The lowest BCUT2D eigenvalue weighted by molar-refractivity contribution is -0.151. The van der Waals surface area contributed by atoms with E-state index in [1.807, 2.05) is 66.9 Å². The predicted octanol–water partition coefficient (Wildman–Crippen LogP) is 3.17. The van der Waals surface area contributed by atoms with Crippen LogP contribution in [0.5, 0.6) is 5.75 Å². The van der Waals surface area contributed by atoms with Crippen molar-refractivity contribution < 1.29 is 14.3 Å². The smallest absolute Gasteiger partial charge is 0.313 e. The molecule has 0 spiro atoms. The minimum absolute atomic E-state index is 0.164. The van der Waals surface area contributed by atoms with Crippen molar-refractivity contribution in [3.63, 3.8) is 0 Å². The van der Waals surface area contributed by atoms with Crippen LogP contribution < -0.4 is 4.74 Å². The van der Waals surface area contributed by atoms with Crippen molar-refractivity contribution in [2.24, 2.45) is 5.92 Å². The zero-order chi connectivity index (χ0) is 17.1. The van der Waals surface area contributed by atoms with Gasteiger partial charge in [-0.15, -0.1) is 0 Å². The highest BCUT2D eigenvalue weighted by Crippen LogP contribution is 2.27. The number of nitrogens with zero attached hydrogens (tertiary/aromatic N) is 2. The second kappa shape index (κ2) is 6.81. The average molecular weight is 334 g/mol. The Morgan fingerprint density at radius 2 is 1.92 bits per heavy atom. The highest BCUT2D eigenvalue weighted by molar-refractivity contribution is 5.73. The van der Waals surface area contributed by atoms with E-state index in [4.69, 9.17) is 9.47 Å². The van der Waals surface area contributed by atoms with Gasteiger partial charge in [0.2, 0.25) is 0 Å². The van der Waals surface area contributed by atoms with Gasteiger partial charge < -0.3 is 9.47 Å². The molecular formula is C20H18N2O3. The number of hydrogen-bond acceptors (Lipinski definition) is 4. The van der Waals surface area contributed by atoms with Crippen molar-refractivity contribution in [2.45, 2.75) is 13.0 Å². The number of carbonyl (C=O) groups excluding carboxylic acids is 1. The van der Waals surface area contributed by atoms with E-state index in [0.29, 0.717) is 18.7 Å². The number of rotatable bonds is 4. The lowest BCUT2D eigenvalue weighted by Gasteiger charge is -2.23. The third-order valence-electron chi connectivity index (χ3n) is 4.24. The van der Waals surface area contributed by atoms with E-state index in [0.717, 1.165) is 17.0 Å². The average Bonchev–Trinajstić information content (AvgIpc) is 3.15. The molecule has 0 aliphatic carbocycles. The second-order valence-corrected chi connectivity index (χ2v) is 6.01. The molecule has 0 N–H and O–H groups in total. The van der Waals surface area contributed by atoms with Crippen molar-refractivity contribution in [3.8, 4) is 11.4 Å². The van der Waals surface area contributed by atoms with Crippen molar-refractivity contribution in [3.05, 3.63) is 78.1 Å². The van der Waals surface area contributed by atoms with Crippen molar-refractivity contribution >= 4 is 5.97 Å². The standard InChI is InChI=1S/C20H18N2O3/c23-20(16-12-15-6-4-5-9-19(15)24-13-16)25-14-17-10-11-22(21-17)18-7-2-1-3-8-18/h1-11,16H,12-14H2. The first kappa shape index (κ1) is 15.4. The molecule has 0 radical (unpaired) electrons. The minimum atomic E-state index is -0.272. The Hall–Kier alpha value is -3.08. The summed E-state index contributed by atoms with van der Waals surface area (Å²) in [5.74, 6) is 0.336. The van der Waals surface area contributed by atoms with Crippen LogP contribution >= 0.6 is 0 Å². The summed E-state index contributed by atoms with van der Waals surface area (Å²) >= 11 is 0. The molecule has 25 heavy (non-hydrogen) atoms. The summed E-state index contributed by atoms with van der Waals surface area (Å²) in [5, 5.41) is 4.44. The third kappa shape index (κ3) is 3.40. The van der Waals surface area contributed by atoms with Gasteiger partial charge >= 0.3 is 5.97 Å². The molecule has 126 valence electrons. The maximum Gasteiger partial charge on any atom is 0.313 e. The SMILES string of the molecule is O=C(OCc1ccn(-c2ccccc2)n1)C1COc2ccccc2C1. The Morgan fingerprint density at radius 1 is 1.12 bits per heavy atom. The van der Waals surface area contributed by atoms with Crippen LogP contribution in [0.1, 0.15) is 11.3 Å². The molecule has 1 atom stereocenters. The number of hydrogen-bond donors (Lipinski definition) is 0. The lowest BCUT2D eigenvalue weighted by atomic mass is 9.97. The molecule has 0 fully saturated rings. The number of carbonyl (C=O) groups is 1. The molecule has 5 heteroatoms. The molecule has 0 bridgehead atoms. The number of esters is 1. The summed E-state index contributed by atoms with van der Waals surface area (Å²) in [6.45, 7) is 0.519. The van der Waals surface area contributed by atoms with E-state index in [1.54, 1.807) is 4.68 Å². The predicted molar refractivity (Wildman–Crippen MR) is 92.5 cm³/mol.